The van der Waals surface area contributed by atoms with E-state index in [2.05, 4.69) is 5.32 Å². The molecule has 1 aromatic carbocycles. The molecule has 2 aromatic rings. The number of ether oxygens (including phenoxy) is 1. The van der Waals surface area contributed by atoms with Crippen LogP contribution in [0.15, 0.2) is 45.9 Å². The van der Waals surface area contributed by atoms with Crippen LogP contribution in [0, 0.1) is 0 Å². The smallest absolute Gasteiger partial charge is 0.306 e. The molecule has 0 bridgehead atoms. The zero-order chi connectivity index (χ0) is 17.7. The molecule has 0 radical (unpaired) electrons. The van der Waals surface area contributed by atoms with Crippen molar-refractivity contribution in [3.8, 4) is 5.75 Å². The Balaban J connectivity index is 2.32. The molecule has 0 spiro atoms. The highest BCUT2D eigenvalue weighted by molar-refractivity contribution is 7.98. The van der Waals surface area contributed by atoms with Crippen molar-refractivity contribution in [1.82, 2.24) is 5.32 Å². The molecule has 0 saturated carbocycles. The Hall–Kier alpha value is -2.41. The van der Waals surface area contributed by atoms with E-state index in [1.54, 1.807) is 43.3 Å². The highest BCUT2D eigenvalue weighted by Crippen LogP contribution is 2.29. The molecule has 2 rings (SSSR count). The van der Waals surface area contributed by atoms with Crippen molar-refractivity contribution in [2.75, 3.05) is 13.4 Å². The predicted molar refractivity (Wildman–Crippen MR) is 90.6 cm³/mol. The minimum Gasteiger partial charge on any atom is -0.497 e. The van der Waals surface area contributed by atoms with Crippen LogP contribution in [-0.4, -0.2) is 30.3 Å². The molecule has 0 saturated heterocycles. The number of carbonyl (C=O) groups excluding carboxylic acids is 1. The molecule has 7 heteroatoms. The van der Waals surface area contributed by atoms with Crippen molar-refractivity contribution in [2.24, 2.45) is 0 Å². The minimum atomic E-state index is -1.11. The standard InChI is InChI=1S/C17H19NO5S/c1-17(10-14(19)20,11-5-4-6-12(9-11)22-2)18-16(21)13-7-8-15(23-13)24-3/h4-9H,10H2,1-3H3,(H,18,21)(H,19,20). The molecule has 1 atom stereocenters. The predicted octanol–water partition coefficient (Wildman–Crippen LogP) is 3.13. The van der Waals surface area contributed by atoms with Crippen LogP contribution in [0.25, 0.3) is 0 Å². The van der Waals surface area contributed by atoms with E-state index < -0.39 is 17.4 Å². The highest BCUT2D eigenvalue weighted by Gasteiger charge is 2.33. The summed E-state index contributed by atoms with van der Waals surface area (Å²) in [5.74, 6) is -0.772. The summed E-state index contributed by atoms with van der Waals surface area (Å²) in [6.45, 7) is 1.66. The fourth-order valence-electron chi connectivity index (χ4n) is 2.35. The van der Waals surface area contributed by atoms with Crippen LogP contribution in [-0.2, 0) is 10.3 Å². The van der Waals surface area contributed by atoms with Crippen LogP contribution >= 0.6 is 11.8 Å². The first-order chi connectivity index (χ1) is 11.4. The lowest BCUT2D eigenvalue weighted by Crippen LogP contribution is -2.45. The second-order valence-corrected chi connectivity index (χ2v) is 6.22. The number of rotatable bonds is 7. The van der Waals surface area contributed by atoms with Crippen molar-refractivity contribution in [3.05, 3.63) is 47.7 Å². The third kappa shape index (κ3) is 4.11. The van der Waals surface area contributed by atoms with Crippen molar-refractivity contribution in [1.29, 1.82) is 0 Å². The Labute approximate surface area is 144 Å². The summed E-state index contributed by atoms with van der Waals surface area (Å²) in [7, 11) is 1.53. The van der Waals surface area contributed by atoms with Gasteiger partial charge < -0.3 is 19.6 Å². The average molecular weight is 349 g/mol. The first kappa shape index (κ1) is 17.9. The third-order valence-corrected chi connectivity index (χ3v) is 4.23. The van der Waals surface area contributed by atoms with Gasteiger partial charge in [0.25, 0.3) is 5.91 Å². The van der Waals surface area contributed by atoms with Gasteiger partial charge in [-0.1, -0.05) is 23.9 Å². The molecule has 0 aliphatic carbocycles. The molecule has 1 heterocycles. The largest absolute Gasteiger partial charge is 0.497 e. The van der Waals surface area contributed by atoms with Gasteiger partial charge in [0.2, 0.25) is 0 Å². The first-order valence-corrected chi connectivity index (χ1v) is 8.43. The third-order valence-electron chi connectivity index (χ3n) is 3.61. The van der Waals surface area contributed by atoms with Crippen LogP contribution in [0.2, 0.25) is 0 Å². The van der Waals surface area contributed by atoms with Gasteiger partial charge in [-0.05, 0) is 43.0 Å². The Morgan fingerprint density at radius 3 is 2.67 bits per heavy atom. The topological polar surface area (TPSA) is 88.8 Å². The molecule has 128 valence electrons. The minimum absolute atomic E-state index is 0.138. The maximum Gasteiger partial charge on any atom is 0.306 e. The van der Waals surface area contributed by atoms with Crippen molar-refractivity contribution in [2.45, 2.75) is 24.0 Å². The summed E-state index contributed by atoms with van der Waals surface area (Å²) >= 11 is 1.38. The molecule has 0 aliphatic rings. The molecule has 1 amide bonds. The monoisotopic (exact) mass is 349 g/mol. The van der Waals surface area contributed by atoms with E-state index in [1.807, 2.05) is 6.26 Å². The molecule has 0 aliphatic heterocycles. The van der Waals surface area contributed by atoms with E-state index in [0.717, 1.165) is 0 Å². The van der Waals surface area contributed by atoms with E-state index in [-0.39, 0.29) is 12.2 Å². The number of aliphatic carboxylic acids is 1. The number of amides is 1. The quantitative estimate of drug-likeness (QED) is 0.747. The lowest BCUT2D eigenvalue weighted by atomic mass is 9.88. The van der Waals surface area contributed by atoms with Crippen LogP contribution in [0.4, 0.5) is 0 Å². The second-order valence-electron chi connectivity index (χ2n) is 5.41. The van der Waals surface area contributed by atoms with Crippen LogP contribution < -0.4 is 10.1 Å². The summed E-state index contributed by atoms with van der Waals surface area (Å²) in [5.41, 5.74) is -0.474. The van der Waals surface area contributed by atoms with Gasteiger partial charge in [0.05, 0.1) is 19.1 Å². The molecule has 2 N–H and O–H groups in total. The zero-order valence-corrected chi connectivity index (χ0v) is 14.5. The van der Waals surface area contributed by atoms with Gasteiger partial charge in [0.15, 0.2) is 10.9 Å². The fourth-order valence-corrected chi connectivity index (χ4v) is 2.73. The van der Waals surface area contributed by atoms with Gasteiger partial charge in [-0.15, -0.1) is 0 Å². The SMILES string of the molecule is COc1cccc(C(C)(CC(=O)O)NC(=O)c2ccc(SC)o2)c1. The zero-order valence-electron chi connectivity index (χ0n) is 13.7. The highest BCUT2D eigenvalue weighted by atomic mass is 32.2. The number of hydrogen-bond donors (Lipinski definition) is 2. The van der Waals surface area contributed by atoms with Crippen molar-refractivity contribution >= 4 is 23.6 Å². The Kier molecular flexibility index (Phi) is 5.56. The lowest BCUT2D eigenvalue weighted by molar-refractivity contribution is -0.138. The van der Waals surface area contributed by atoms with E-state index in [4.69, 9.17) is 9.15 Å². The average Bonchev–Trinajstić information content (AvgIpc) is 3.03. The molecule has 0 fully saturated rings. The Bertz CT molecular complexity index is 742. The van der Waals surface area contributed by atoms with E-state index in [0.29, 0.717) is 16.4 Å². The number of carboxylic acids is 1. The normalized spacial score (nSPS) is 13.1. The number of furan rings is 1. The molecule has 24 heavy (non-hydrogen) atoms. The summed E-state index contributed by atoms with van der Waals surface area (Å²) < 4.78 is 10.6. The molecule has 6 nitrogen and oxygen atoms in total. The van der Waals surface area contributed by atoms with Crippen LogP contribution in [0.3, 0.4) is 0 Å². The summed E-state index contributed by atoms with van der Waals surface area (Å²) in [5, 5.41) is 12.6. The number of methoxy groups -OCH3 is 1. The molecule has 1 unspecified atom stereocenters. The first-order valence-electron chi connectivity index (χ1n) is 7.20. The fraction of sp³-hybridized carbons (Fsp3) is 0.294. The van der Waals surface area contributed by atoms with Crippen molar-refractivity contribution in [3.63, 3.8) is 0 Å². The van der Waals surface area contributed by atoms with E-state index in [1.165, 1.54) is 18.9 Å². The van der Waals surface area contributed by atoms with Gasteiger partial charge in [-0.3, -0.25) is 9.59 Å². The Morgan fingerprint density at radius 2 is 2.08 bits per heavy atom. The summed E-state index contributed by atoms with van der Waals surface area (Å²) in [4.78, 5) is 23.8. The Morgan fingerprint density at radius 1 is 1.33 bits per heavy atom. The van der Waals surface area contributed by atoms with E-state index >= 15 is 0 Å². The number of hydrogen-bond acceptors (Lipinski definition) is 5. The second kappa shape index (κ2) is 7.44. The maximum absolute atomic E-state index is 12.5. The van der Waals surface area contributed by atoms with E-state index in [9.17, 15) is 14.7 Å². The summed E-state index contributed by atoms with van der Waals surface area (Å²) in [6, 6.07) is 10.2. The molecular weight excluding hydrogens is 330 g/mol. The summed E-state index contributed by atoms with van der Waals surface area (Å²) in [6.07, 6.45) is 1.56. The van der Waals surface area contributed by atoms with Gasteiger partial charge in [0.1, 0.15) is 5.75 Å². The number of nitrogens with one attached hydrogen (secondary N) is 1. The number of carbonyl (C=O) groups is 2. The van der Waals surface area contributed by atoms with Crippen molar-refractivity contribution < 1.29 is 23.8 Å². The van der Waals surface area contributed by atoms with Gasteiger partial charge in [0, 0.05) is 0 Å². The lowest BCUT2D eigenvalue weighted by Gasteiger charge is -2.29. The van der Waals surface area contributed by atoms with Gasteiger partial charge in [-0.25, -0.2) is 0 Å². The van der Waals surface area contributed by atoms with Gasteiger partial charge in [-0.2, -0.15) is 0 Å². The maximum atomic E-state index is 12.5. The van der Waals surface area contributed by atoms with Crippen LogP contribution in [0.5, 0.6) is 5.75 Å². The number of benzene rings is 1. The molecular formula is C17H19NO5S. The number of thioether (sulfide) groups is 1. The molecule has 1 aromatic heterocycles. The van der Waals surface area contributed by atoms with Crippen LogP contribution in [0.1, 0.15) is 29.5 Å². The number of carboxylic acid groups (broad SMARTS) is 1. The van der Waals surface area contributed by atoms with Gasteiger partial charge >= 0.3 is 5.97 Å².